The molecule has 0 atom stereocenters. The Morgan fingerprint density at radius 3 is 2.61 bits per heavy atom. The van der Waals surface area contributed by atoms with Crippen LogP contribution in [0, 0.1) is 0 Å². The van der Waals surface area contributed by atoms with Crippen molar-refractivity contribution in [3.8, 4) is 0 Å². The Hall–Kier alpha value is -3.93. The number of aromatic amines is 1. The Balaban J connectivity index is 1.48. The average Bonchev–Trinajstić information content (AvgIpc) is 3.21. The molecule has 2 heterocycles. The Bertz CT molecular complexity index is 1300. The van der Waals surface area contributed by atoms with Crippen molar-refractivity contribution < 1.29 is 9.59 Å². The van der Waals surface area contributed by atoms with E-state index in [1.165, 1.54) is 4.90 Å². The molecule has 154 valence electrons. The van der Waals surface area contributed by atoms with Crippen LogP contribution in [0.4, 0.5) is 5.69 Å². The molecule has 0 radical (unpaired) electrons. The zero-order chi connectivity index (χ0) is 21.4. The van der Waals surface area contributed by atoms with Crippen molar-refractivity contribution in [2.24, 2.45) is 5.10 Å². The number of para-hydroxylation sites is 1. The molecule has 0 bridgehead atoms. The summed E-state index contributed by atoms with van der Waals surface area (Å²) in [5.41, 5.74) is 6.87. The first-order chi connectivity index (χ1) is 15.2. The maximum Gasteiger partial charge on any atom is 0.261 e. The topological polar surface area (TPSA) is 77.6 Å². The predicted molar refractivity (Wildman–Crippen MR) is 124 cm³/mol. The van der Waals surface area contributed by atoms with E-state index in [0.717, 1.165) is 40.5 Å². The molecule has 3 aromatic carbocycles. The molecule has 4 aromatic rings. The second-order valence-corrected chi connectivity index (χ2v) is 7.69. The number of hydrogen-bond acceptors (Lipinski definition) is 4. The molecule has 0 saturated carbocycles. The lowest BCUT2D eigenvalue weighted by atomic mass is 9.93. The van der Waals surface area contributed by atoms with Crippen molar-refractivity contribution in [3.63, 3.8) is 0 Å². The van der Waals surface area contributed by atoms with Gasteiger partial charge in [-0.1, -0.05) is 43.7 Å². The standard InChI is InChI=1S/C25H22N4O2/c1-2-3-13-29-24(30)19-9-6-8-18-22(12-11-20(23(18)19)25(29)31)28-26-15-17-14-16-7-4-5-10-21(16)27-17/h4-12,14-15,27-28H,2-3,13H2,1H3/b26-15+. The number of fused-ring (bicyclic) bond motifs is 1. The van der Waals surface area contributed by atoms with Crippen LogP contribution in [0.25, 0.3) is 21.7 Å². The minimum absolute atomic E-state index is 0.227. The van der Waals surface area contributed by atoms with Crippen LogP contribution in [-0.2, 0) is 0 Å². The first kappa shape index (κ1) is 19.1. The van der Waals surface area contributed by atoms with Crippen LogP contribution in [0.3, 0.4) is 0 Å². The molecule has 0 saturated heterocycles. The van der Waals surface area contributed by atoms with Gasteiger partial charge in [0.05, 0.1) is 17.6 Å². The molecule has 1 aliphatic heterocycles. The first-order valence-electron chi connectivity index (χ1n) is 10.5. The third-order valence-corrected chi connectivity index (χ3v) is 5.67. The lowest BCUT2D eigenvalue weighted by Crippen LogP contribution is -2.40. The van der Waals surface area contributed by atoms with E-state index < -0.39 is 0 Å². The highest BCUT2D eigenvalue weighted by Crippen LogP contribution is 2.34. The Morgan fingerprint density at radius 1 is 1.00 bits per heavy atom. The van der Waals surface area contributed by atoms with Gasteiger partial charge < -0.3 is 4.98 Å². The van der Waals surface area contributed by atoms with Gasteiger partial charge in [-0.15, -0.1) is 0 Å². The maximum atomic E-state index is 13.0. The molecule has 0 spiro atoms. The zero-order valence-electron chi connectivity index (χ0n) is 17.2. The van der Waals surface area contributed by atoms with E-state index in [-0.39, 0.29) is 11.8 Å². The van der Waals surface area contributed by atoms with E-state index in [1.807, 2.05) is 55.5 Å². The van der Waals surface area contributed by atoms with Crippen LogP contribution in [0.1, 0.15) is 46.2 Å². The number of carbonyl (C=O) groups is 2. The Labute approximate surface area is 179 Å². The number of carbonyl (C=O) groups excluding carboxylic acids is 2. The third-order valence-electron chi connectivity index (χ3n) is 5.67. The summed E-state index contributed by atoms with van der Waals surface area (Å²) in [4.78, 5) is 30.6. The summed E-state index contributed by atoms with van der Waals surface area (Å²) in [6, 6.07) is 19.2. The van der Waals surface area contributed by atoms with E-state index in [1.54, 1.807) is 18.3 Å². The SMILES string of the molecule is CCCCN1C(=O)c2cccc3c(N/N=C/c4cc5ccccc5[nH]4)ccc(c23)C1=O. The van der Waals surface area contributed by atoms with Gasteiger partial charge in [0.1, 0.15) is 0 Å². The van der Waals surface area contributed by atoms with Gasteiger partial charge in [0.25, 0.3) is 11.8 Å². The lowest BCUT2D eigenvalue weighted by molar-refractivity contribution is 0.0608. The lowest BCUT2D eigenvalue weighted by Gasteiger charge is -2.27. The number of aromatic nitrogens is 1. The van der Waals surface area contributed by atoms with Crippen LogP contribution in [-0.4, -0.2) is 34.5 Å². The van der Waals surface area contributed by atoms with E-state index >= 15 is 0 Å². The van der Waals surface area contributed by atoms with Gasteiger partial charge in [0.2, 0.25) is 0 Å². The van der Waals surface area contributed by atoms with E-state index in [4.69, 9.17) is 0 Å². The molecular weight excluding hydrogens is 388 g/mol. The largest absolute Gasteiger partial charge is 0.354 e. The molecule has 1 aliphatic rings. The van der Waals surface area contributed by atoms with Gasteiger partial charge in [0, 0.05) is 39.3 Å². The second kappa shape index (κ2) is 7.72. The number of H-pyrrole nitrogens is 1. The highest BCUT2D eigenvalue weighted by atomic mass is 16.2. The summed E-state index contributed by atoms with van der Waals surface area (Å²) < 4.78 is 0. The Kier molecular flexibility index (Phi) is 4.75. The smallest absolute Gasteiger partial charge is 0.261 e. The van der Waals surface area contributed by atoms with Crippen molar-refractivity contribution in [2.45, 2.75) is 19.8 Å². The van der Waals surface area contributed by atoms with Crippen molar-refractivity contribution in [1.29, 1.82) is 0 Å². The van der Waals surface area contributed by atoms with Gasteiger partial charge in [0.15, 0.2) is 0 Å². The minimum Gasteiger partial charge on any atom is -0.354 e. The van der Waals surface area contributed by atoms with Gasteiger partial charge in [-0.2, -0.15) is 5.10 Å². The molecule has 0 unspecified atom stereocenters. The van der Waals surface area contributed by atoms with Crippen molar-refractivity contribution in [3.05, 3.63) is 77.5 Å². The summed E-state index contributed by atoms with van der Waals surface area (Å²) in [6.45, 7) is 2.49. The third kappa shape index (κ3) is 3.26. The van der Waals surface area contributed by atoms with Crippen LogP contribution in [0.5, 0.6) is 0 Å². The number of anilines is 1. The fraction of sp³-hybridized carbons (Fsp3) is 0.160. The van der Waals surface area contributed by atoms with Crippen molar-refractivity contribution >= 4 is 45.4 Å². The number of hydrogen-bond donors (Lipinski definition) is 2. The van der Waals surface area contributed by atoms with Crippen LogP contribution in [0.2, 0.25) is 0 Å². The summed E-state index contributed by atoms with van der Waals surface area (Å²) in [5.74, 6) is -0.453. The molecule has 2 N–H and O–H groups in total. The molecule has 31 heavy (non-hydrogen) atoms. The number of hydrazone groups is 1. The summed E-state index contributed by atoms with van der Waals surface area (Å²) in [6.07, 6.45) is 3.44. The van der Waals surface area contributed by atoms with Crippen LogP contribution < -0.4 is 5.43 Å². The van der Waals surface area contributed by atoms with Crippen molar-refractivity contribution in [2.75, 3.05) is 12.0 Å². The van der Waals surface area contributed by atoms with E-state index in [2.05, 4.69) is 15.5 Å². The van der Waals surface area contributed by atoms with E-state index in [0.29, 0.717) is 23.1 Å². The molecule has 0 fully saturated rings. The van der Waals surface area contributed by atoms with Gasteiger partial charge in [-0.25, -0.2) is 0 Å². The number of amides is 2. The molecule has 6 heteroatoms. The second-order valence-electron chi connectivity index (χ2n) is 7.69. The number of imide groups is 1. The van der Waals surface area contributed by atoms with Gasteiger partial charge in [-0.05, 0) is 36.8 Å². The first-order valence-corrected chi connectivity index (χ1v) is 10.5. The highest BCUT2D eigenvalue weighted by molar-refractivity contribution is 6.26. The average molecular weight is 410 g/mol. The number of unbranched alkanes of at least 4 members (excludes halogenated alkanes) is 1. The zero-order valence-corrected chi connectivity index (χ0v) is 17.2. The van der Waals surface area contributed by atoms with Crippen molar-refractivity contribution in [1.82, 2.24) is 9.88 Å². The van der Waals surface area contributed by atoms with Crippen LogP contribution in [0.15, 0.2) is 65.8 Å². The number of nitrogens with one attached hydrogen (secondary N) is 2. The fourth-order valence-corrected chi connectivity index (χ4v) is 4.10. The molecule has 0 aliphatic carbocycles. The number of rotatable bonds is 6. The van der Waals surface area contributed by atoms with Gasteiger partial charge in [-0.3, -0.25) is 19.9 Å². The number of nitrogens with zero attached hydrogens (tertiary/aromatic N) is 2. The Morgan fingerprint density at radius 2 is 1.81 bits per heavy atom. The monoisotopic (exact) mass is 410 g/mol. The molecule has 1 aromatic heterocycles. The van der Waals surface area contributed by atoms with E-state index in [9.17, 15) is 9.59 Å². The minimum atomic E-state index is -0.227. The highest BCUT2D eigenvalue weighted by Gasteiger charge is 2.32. The number of benzene rings is 3. The molecule has 5 rings (SSSR count). The summed E-state index contributed by atoms with van der Waals surface area (Å²) in [5, 5.41) is 6.98. The predicted octanol–water partition coefficient (Wildman–Crippen LogP) is 5.16. The molecular formula is C25H22N4O2. The molecule has 6 nitrogen and oxygen atoms in total. The normalized spacial score (nSPS) is 13.6. The quantitative estimate of drug-likeness (QED) is 0.262. The maximum absolute atomic E-state index is 13.0. The fourth-order valence-electron chi connectivity index (χ4n) is 4.10. The summed E-state index contributed by atoms with van der Waals surface area (Å²) in [7, 11) is 0. The summed E-state index contributed by atoms with van der Waals surface area (Å²) >= 11 is 0. The van der Waals surface area contributed by atoms with Crippen LogP contribution >= 0.6 is 0 Å². The van der Waals surface area contributed by atoms with Gasteiger partial charge >= 0.3 is 0 Å². The molecule has 2 amide bonds.